The standard InChI is InChI=1S/C29H36N2O2/c1-20-26-16-21-10-11-24(32)17-25(21)28(20,2)12-15-31(26)19-23-18-29(23,22-8-4-3-5-9-22)27(33)30-13-6-7-14-30/h3-5,8-11,17,20,23,26,32H,6-7,12-16,18-19H2,1-2H3/t20-,23-,26?,28+,29+/m0/s1. The molecule has 2 aliphatic carbocycles. The molecule has 4 nitrogen and oxygen atoms in total. The number of carbonyl (C=O) groups excluding carboxylic acids is 1. The molecule has 4 heteroatoms. The number of benzene rings is 2. The highest BCUT2D eigenvalue weighted by atomic mass is 16.3. The predicted molar refractivity (Wildman–Crippen MR) is 130 cm³/mol. The summed E-state index contributed by atoms with van der Waals surface area (Å²) in [5, 5.41) is 10.1. The number of amides is 1. The van der Waals surface area contributed by atoms with Gasteiger partial charge in [0, 0.05) is 25.7 Å². The lowest BCUT2D eigenvalue weighted by molar-refractivity contribution is -0.133. The molecule has 6 rings (SSSR count). The first-order valence-electron chi connectivity index (χ1n) is 12.8. The molecule has 5 atom stereocenters. The van der Waals surface area contributed by atoms with Crippen molar-refractivity contribution in [2.75, 3.05) is 26.2 Å². The van der Waals surface area contributed by atoms with E-state index in [4.69, 9.17) is 0 Å². The number of carbonyl (C=O) groups is 1. The van der Waals surface area contributed by atoms with Crippen molar-refractivity contribution < 1.29 is 9.90 Å². The van der Waals surface area contributed by atoms with Gasteiger partial charge in [-0.15, -0.1) is 0 Å². The minimum absolute atomic E-state index is 0.110. The van der Waals surface area contributed by atoms with Gasteiger partial charge in [0.25, 0.3) is 0 Å². The summed E-state index contributed by atoms with van der Waals surface area (Å²) in [4.78, 5) is 18.6. The molecule has 0 aromatic heterocycles. The molecule has 2 aromatic rings. The molecule has 0 radical (unpaired) electrons. The molecule has 1 N–H and O–H groups in total. The van der Waals surface area contributed by atoms with E-state index in [1.54, 1.807) is 0 Å². The molecule has 2 heterocycles. The molecule has 2 bridgehead atoms. The summed E-state index contributed by atoms with van der Waals surface area (Å²) >= 11 is 0. The van der Waals surface area contributed by atoms with Gasteiger partial charge >= 0.3 is 0 Å². The summed E-state index contributed by atoms with van der Waals surface area (Å²) in [5.74, 6) is 1.68. The SMILES string of the molecule is C[C@H]1C2Cc3ccc(O)cc3[C@]1(C)CCN2C[C@@H]1C[C@@]1(C(=O)N1CCCC1)c1ccccc1. The van der Waals surface area contributed by atoms with Crippen LogP contribution in [0.15, 0.2) is 48.5 Å². The lowest BCUT2D eigenvalue weighted by atomic mass is 9.59. The first kappa shape index (κ1) is 21.2. The van der Waals surface area contributed by atoms with Gasteiger partial charge < -0.3 is 10.0 Å². The fourth-order valence-corrected chi connectivity index (χ4v) is 7.43. The Kier molecular flexibility index (Phi) is 4.88. The molecular formula is C29H36N2O2. The largest absolute Gasteiger partial charge is 0.508 e. The molecule has 174 valence electrons. The summed E-state index contributed by atoms with van der Waals surface area (Å²) in [6, 6.07) is 17.1. The summed E-state index contributed by atoms with van der Waals surface area (Å²) in [5.41, 5.74) is 3.74. The monoisotopic (exact) mass is 444 g/mol. The van der Waals surface area contributed by atoms with Crippen LogP contribution in [-0.2, 0) is 22.0 Å². The second-order valence-corrected chi connectivity index (χ2v) is 11.3. The Hall–Kier alpha value is -2.33. The van der Waals surface area contributed by atoms with Gasteiger partial charge in [0.05, 0.1) is 5.41 Å². The van der Waals surface area contributed by atoms with Gasteiger partial charge in [-0.25, -0.2) is 0 Å². The molecule has 33 heavy (non-hydrogen) atoms. The van der Waals surface area contributed by atoms with Gasteiger partial charge in [-0.3, -0.25) is 9.69 Å². The van der Waals surface area contributed by atoms with Crippen LogP contribution in [0.4, 0.5) is 0 Å². The maximum atomic E-state index is 13.8. The zero-order valence-electron chi connectivity index (χ0n) is 20.0. The van der Waals surface area contributed by atoms with Crippen molar-refractivity contribution in [3.63, 3.8) is 0 Å². The maximum absolute atomic E-state index is 13.8. The van der Waals surface area contributed by atoms with Gasteiger partial charge in [-0.1, -0.05) is 50.2 Å². The Morgan fingerprint density at radius 1 is 1.09 bits per heavy atom. The van der Waals surface area contributed by atoms with E-state index in [0.29, 0.717) is 29.5 Å². The van der Waals surface area contributed by atoms with Crippen molar-refractivity contribution in [2.24, 2.45) is 11.8 Å². The van der Waals surface area contributed by atoms with E-state index >= 15 is 0 Å². The molecule has 1 amide bonds. The molecule has 1 unspecified atom stereocenters. The summed E-state index contributed by atoms with van der Waals surface area (Å²) < 4.78 is 0. The van der Waals surface area contributed by atoms with Gasteiger partial charge in [0.2, 0.25) is 5.91 Å². The zero-order chi connectivity index (χ0) is 22.8. The molecule has 2 saturated heterocycles. The number of fused-ring (bicyclic) bond motifs is 4. The summed E-state index contributed by atoms with van der Waals surface area (Å²) in [6.45, 7) is 8.71. The lowest BCUT2D eigenvalue weighted by Crippen LogP contribution is -2.58. The van der Waals surface area contributed by atoms with Crippen LogP contribution in [0.5, 0.6) is 5.75 Å². The molecule has 2 aliphatic heterocycles. The second-order valence-electron chi connectivity index (χ2n) is 11.3. The summed E-state index contributed by atoms with van der Waals surface area (Å²) in [7, 11) is 0. The smallest absolute Gasteiger partial charge is 0.233 e. The lowest BCUT2D eigenvalue weighted by Gasteiger charge is -2.55. The first-order valence-corrected chi connectivity index (χ1v) is 12.8. The van der Waals surface area contributed by atoms with Crippen LogP contribution in [-0.4, -0.2) is 53.0 Å². The van der Waals surface area contributed by atoms with Crippen molar-refractivity contribution in [1.82, 2.24) is 9.80 Å². The highest BCUT2D eigenvalue weighted by molar-refractivity contribution is 5.92. The van der Waals surface area contributed by atoms with Crippen LogP contribution in [0.1, 0.15) is 56.2 Å². The average molecular weight is 445 g/mol. The fourth-order valence-electron chi connectivity index (χ4n) is 7.43. The van der Waals surface area contributed by atoms with Gasteiger partial charge in [-0.05, 0) is 84.7 Å². The number of aromatic hydroxyl groups is 1. The normalized spacial score (nSPS) is 35.3. The van der Waals surface area contributed by atoms with Crippen LogP contribution in [0.2, 0.25) is 0 Å². The number of piperidine rings is 1. The Balaban J connectivity index is 1.27. The zero-order valence-corrected chi connectivity index (χ0v) is 20.0. The number of hydrogen-bond donors (Lipinski definition) is 1. The van der Waals surface area contributed by atoms with Crippen molar-refractivity contribution in [1.29, 1.82) is 0 Å². The Labute approximate surface area is 197 Å². The number of phenolic OH excluding ortho intramolecular Hbond substituents is 1. The van der Waals surface area contributed by atoms with E-state index in [9.17, 15) is 9.90 Å². The first-order chi connectivity index (χ1) is 15.9. The quantitative estimate of drug-likeness (QED) is 0.755. The third-order valence-corrected chi connectivity index (χ3v) is 9.73. The second kappa shape index (κ2) is 7.59. The molecule has 2 aromatic carbocycles. The molecule has 1 saturated carbocycles. The van der Waals surface area contributed by atoms with Crippen molar-refractivity contribution in [2.45, 2.75) is 62.8 Å². The molecule has 3 fully saturated rings. The Morgan fingerprint density at radius 3 is 2.61 bits per heavy atom. The number of nitrogens with zero attached hydrogens (tertiary/aromatic N) is 2. The van der Waals surface area contributed by atoms with Crippen molar-refractivity contribution in [3.8, 4) is 5.75 Å². The van der Waals surface area contributed by atoms with E-state index in [1.807, 2.05) is 12.1 Å². The summed E-state index contributed by atoms with van der Waals surface area (Å²) in [6.07, 6.45) is 5.40. The van der Waals surface area contributed by atoms with Gasteiger partial charge in [0.15, 0.2) is 0 Å². The van der Waals surface area contributed by atoms with Crippen LogP contribution in [0, 0.1) is 11.8 Å². The number of likely N-dealkylation sites (tertiary alicyclic amines) is 2. The Bertz CT molecular complexity index is 1060. The van der Waals surface area contributed by atoms with Crippen LogP contribution < -0.4 is 0 Å². The molecular weight excluding hydrogens is 408 g/mol. The maximum Gasteiger partial charge on any atom is 0.233 e. The average Bonchev–Trinajstić information content (AvgIpc) is 3.27. The molecule has 0 spiro atoms. The van der Waals surface area contributed by atoms with Gasteiger partial charge in [0.1, 0.15) is 5.75 Å². The third-order valence-electron chi connectivity index (χ3n) is 9.73. The topological polar surface area (TPSA) is 43.8 Å². The van der Waals surface area contributed by atoms with Crippen LogP contribution >= 0.6 is 0 Å². The van der Waals surface area contributed by atoms with E-state index in [1.165, 1.54) is 16.7 Å². The van der Waals surface area contributed by atoms with Crippen LogP contribution in [0.25, 0.3) is 0 Å². The number of hydrogen-bond acceptors (Lipinski definition) is 3. The number of rotatable bonds is 4. The van der Waals surface area contributed by atoms with E-state index in [2.05, 4.69) is 60.0 Å². The van der Waals surface area contributed by atoms with Crippen molar-refractivity contribution in [3.05, 3.63) is 65.2 Å². The Morgan fingerprint density at radius 2 is 1.85 bits per heavy atom. The van der Waals surface area contributed by atoms with Crippen LogP contribution in [0.3, 0.4) is 0 Å². The molecule has 4 aliphatic rings. The fraction of sp³-hybridized carbons (Fsp3) is 0.552. The highest BCUT2D eigenvalue weighted by Gasteiger charge is 2.63. The van der Waals surface area contributed by atoms with Crippen molar-refractivity contribution >= 4 is 5.91 Å². The third kappa shape index (κ3) is 3.17. The minimum Gasteiger partial charge on any atom is -0.508 e. The van der Waals surface area contributed by atoms with E-state index in [0.717, 1.165) is 58.3 Å². The van der Waals surface area contributed by atoms with Gasteiger partial charge in [-0.2, -0.15) is 0 Å². The van der Waals surface area contributed by atoms with E-state index in [-0.39, 0.29) is 10.8 Å². The minimum atomic E-state index is -0.325. The predicted octanol–water partition coefficient (Wildman–Crippen LogP) is 4.50. The van der Waals surface area contributed by atoms with E-state index < -0.39 is 0 Å². The number of phenols is 1. The highest BCUT2D eigenvalue weighted by Crippen LogP contribution is 2.57.